The quantitative estimate of drug-likeness (QED) is 0.0104. The molecule has 6 aromatic carbocycles. The van der Waals surface area contributed by atoms with Crippen molar-refractivity contribution in [1.82, 2.24) is 20.4 Å². The Bertz CT molecular complexity index is 3630. The van der Waals surface area contributed by atoms with Crippen molar-refractivity contribution in [2.24, 2.45) is 0 Å². The smallest absolute Gasteiger partial charge is 0.423 e. The van der Waals surface area contributed by atoms with Crippen LogP contribution in [0.2, 0.25) is 13.1 Å². The molecule has 88 heavy (non-hydrogen) atoms. The van der Waals surface area contributed by atoms with Gasteiger partial charge in [0.25, 0.3) is 0 Å². The Morgan fingerprint density at radius 3 is 1.55 bits per heavy atom. The number of anilines is 1. The number of benzene rings is 6. The van der Waals surface area contributed by atoms with Gasteiger partial charge in [-0.05, 0) is 126 Å². The number of rotatable bonds is 32. The Balaban J connectivity index is 1.25. The molecule has 0 fully saturated rings. The molecule has 8 rings (SSSR count). The van der Waals surface area contributed by atoms with Gasteiger partial charge < -0.3 is 54.6 Å². The van der Waals surface area contributed by atoms with Gasteiger partial charge in [-0.2, -0.15) is 0 Å². The van der Waals surface area contributed by atoms with Crippen LogP contribution in [0.5, 0.6) is 0 Å². The molecule has 2 amide bonds. The van der Waals surface area contributed by atoms with Crippen molar-refractivity contribution < 1.29 is 53.2 Å². The number of ether oxygens (including phenoxy) is 4. The van der Waals surface area contributed by atoms with E-state index in [1.807, 2.05) is 36.4 Å². The zero-order valence-electron chi connectivity index (χ0n) is 52.5. The molecule has 6 aromatic rings. The first-order chi connectivity index (χ1) is 42.2. The minimum atomic E-state index is -2.30. The number of carbonyl (C=O) groups is 2. The van der Waals surface area contributed by atoms with Crippen LogP contribution in [0, 0.1) is 0 Å². The molecule has 0 bridgehead atoms. The number of allylic oxidation sites excluding steroid dienone is 5. The number of nitrogens with one attached hydrogen (secondary N) is 2. The van der Waals surface area contributed by atoms with Gasteiger partial charge in [-0.1, -0.05) is 117 Å². The molecule has 0 radical (unpaired) electrons. The molecule has 0 saturated heterocycles. The molecule has 1 heterocycles. The Kier molecular flexibility index (Phi) is 23.8. The molecule has 0 spiro atoms. The summed E-state index contributed by atoms with van der Waals surface area (Å²) in [4.78, 5) is 30.8. The summed E-state index contributed by atoms with van der Waals surface area (Å²) in [6, 6.07) is 37.3. The van der Waals surface area contributed by atoms with Gasteiger partial charge in [-0.3, -0.25) is 19.4 Å². The largest absolute Gasteiger partial charge is 0.488 e. The fourth-order valence-electron chi connectivity index (χ4n) is 11.6. The summed E-state index contributed by atoms with van der Waals surface area (Å²) in [6.45, 7) is 21.8. The van der Waals surface area contributed by atoms with Crippen molar-refractivity contribution in [2.75, 3.05) is 112 Å². The summed E-state index contributed by atoms with van der Waals surface area (Å²) in [6.07, 6.45) is 6.94. The summed E-state index contributed by atoms with van der Waals surface area (Å²) in [5, 5.41) is 55.2. The van der Waals surface area contributed by atoms with E-state index in [-0.39, 0.29) is 11.8 Å². The number of fused-ring (bicyclic) bond motifs is 4. The van der Waals surface area contributed by atoms with Crippen molar-refractivity contribution in [3.63, 3.8) is 0 Å². The molecule has 0 saturated carbocycles. The maximum atomic E-state index is 12.0. The van der Waals surface area contributed by atoms with Gasteiger partial charge in [0.2, 0.25) is 11.8 Å². The second kappa shape index (κ2) is 31.4. The van der Waals surface area contributed by atoms with Gasteiger partial charge in [-0.15, -0.1) is 0 Å². The SMILES string of the molecule is C=C(C)C(=O)NCCOCCOCCN(Cc1ccccc1B(O)O)Cc1c2ccccc2c(CN(CCOCCOCCNC(=O)C(=C)C)Cc2ccccc2B(O)O)c2cc(C3=C4C=CC(=[N+](C)C)C=C4[Si](C)(C)c4cc(N(C)C)ccc43)ccc12. The highest BCUT2D eigenvalue weighted by Gasteiger charge is 2.41. The molecule has 2 aliphatic rings. The number of carbonyl (C=O) groups excluding carboxylic acids is 2. The summed E-state index contributed by atoms with van der Waals surface area (Å²) < 4.78 is 26.3. The minimum absolute atomic E-state index is 0.210. The highest BCUT2D eigenvalue weighted by atomic mass is 28.3. The van der Waals surface area contributed by atoms with Crippen LogP contribution in [0.3, 0.4) is 0 Å². The lowest BCUT2D eigenvalue weighted by atomic mass is 9.77. The topological polar surface area (TPSA) is 189 Å². The first-order valence-electron chi connectivity index (χ1n) is 30.2. The van der Waals surface area contributed by atoms with E-state index in [1.165, 1.54) is 27.1 Å². The van der Waals surface area contributed by atoms with E-state index in [0.717, 1.165) is 60.8 Å². The maximum absolute atomic E-state index is 12.0. The van der Waals surface area contributed by atoms with E-state index in [4.69, 9.17) is 18.9 Å². The predicted molar refractivity (Wildman–Crippen MR) is 359 cm³/mol. The molecule has 6 N–H and O–H groups in total. The monoisotopic (exact) mass is 1210 g/mol. The molecule has 19 heteroatoms. The first kappa shape index (κ1) is 66.8. The maximum Gasteiger partial charge on any atom is 0.488 e. The summed E-state index contributed by atoms with van der Waals surface area (Å²) >= 11 is 0. The molecule has 0 unspecified atom stereocenters. The van der Waals surface area contributed by atoms with Crippen molar-refractivity contribution >= 4 is 88.8 Å². The average Bonchev–Trinajstić information content (AvgIpc) is 0.815. The van der Waals surface area contributed by atoms with Gasteiger partial charge in [0.1, 0.15) is 22.2 Å². The Hall–Kier alpha value is -7.10. The number of amides is 2. The van der Waals surface area contributed by atoms with Crippen molar-refractivity contribution in [3.8, 4) is 0 Å². The standard InChI is InChI=1S/C69H86B2N6O10Si/c1-48(2)68(78)72-29-33-84-37-39-86-35-31-76(44-51-17-11-15-21-63(51)70(80)81)46-61-55-19-13-14-20-56(55)62(47-77(45-52-18-12-16-22-64(52)71(82)83)32-36-87-40-38-85-34-30-73-69(79)49(3)4)60-41-50(23-26-57(60)61)67-58-27-24-53(74(5)6)42-65(58)88(9,10)66-43-54(75(7)8)25-28-59(66)67/h11-28,41-43,80-83H,1,3,29-40,44-47H2,2,4-10H3,(H-,72,73,78,79)/p+1. The summed E-state index contributed by atoms with van der Waals surface area (Å²) in [5.41, 5.74) is 12.5. The van der Waals surface area contributed by atoms with Crippen LogP contribution in [-0.2, 0) is 54.7 Å². The van der Waals surface area contributed by atoms with Crippen LogP contribution in [0.15, 0.2) is 162 Å². The molecule has 462 valence electrons. The normalized spacial score (nSPS) is 13.4. The Morgan fingerprint density at radius 1 is 0.580 bits per heavy atom. The molecular formula is C69H87B2N6O10Si+. The van der Waals surface area contributed by atoms with Crippen molar-refractivity contribution in [1.29, 1.82) is 0 Å². The van der Waals surface area contributed by atoms with Crippen molar-refractivity contribution in [3.05, 3.63) is 196 Å². The van der Waals surface area contributed by atoms with Crippen LogP contribution in [0.1, 0.15) is 47.2 Å². The predicted octanol–water partition coefficient (Wildman–Crippen LogP) is 5.35. The lowest BCUT2D eigenvalue weighted by Gasteiger charge is -2.38. The van der Waals surface area contributed by atoms with Gasteiger partial charge in [0.15, 0.2) is 5.71 Å². The second-order valence-corrected chi connectivity index (χ2v) is 27.9. The van der Waals surface area contributed by atoms with Crippen molar-refractivity contribution in [2.45, 2.75) is 53.1 Å². The molecule has 0 atom stereocenters. The molecule has 16 nitrogen and oxygen atoms in total. The number of hydrogen-bond donors (Lipinski definition) is 6. The van der Waals surface area contributed by atoms with Crippen LogP contribution in [-0.4, -0.2) is 182 Å². The van der Waals surface area contributed by atoms with E-state index in [0.29, 0.717) is 127 Å². The third kappa shape index (κ3) is 16.8. The second-order valence-electron chi connectivity index (χ2n) is 23.6. The average molecular weight is 1210 g/mol. The van der Waals surface area contributed by atoms with Gasteiger partial charge in [0.05, 0.1) is 52.9 Å². The minimum Gasteiger partial charge on any atom is -0.423 e. The zero-order valence-corrected chi connectivity index (χ0v) is 53.5. The van der Waals surface area contributed by atoms with Crippen LogP contribution in [0.4, 0.5) is 5.69 Å². The highest BCUT2D eigenvalue weighted by Crippen LogP contribution is 2.44. The molecule has 1 aliphatic carbocycles. The van der Waals surface area contributed by atoms with E-state index in [2.05, 4.69) is 163 Å². The summed E-state index contributed by atoms with van der Waals surface area (Å²) in [5.74, 6) is -0.421. The Morgan fingerprint density at radius 2 is 1.06 bits per heavy atom. The summed E-state index contributed by atoms with van der Waals surface area (Å²) in [7, 11) is 2.74. The van der Waals surface area contributed by atoms with Crippen LogP contribution >= 0.6 is 0 Å². The van der Waals surface area contributed by atoms with E-state index >= 15 is 0 Å². The van der Waals surface area contributed by atoms with Crippen LogP contribution in [0.25, 0.3) is 27.1 Å². The molecular weight excluding hydrogens is 1120 g/mol. The van der Waals surface area contributed by atoms with E-state index in [1.54, 1.807) is 26.0 Å². The van der Waals surface area contributed by atoms with Gasteiger partial charge >= 0.3 is 14.2 Å². The lowest BCUT2D eigenvalue weighted by molar-refractivity contribution is -0.462. The first-order valence-corrected chi connectivity index (χ1v) is 33.2. The fourth-order valence-corrected chi connectivity index (χ4v) is 14.6. The molecule has 1 aliphatic heterocycles. The highest BCUT2D eigenvalue weighted by molar-refractivity contribution is 6.98. The van der Waals surface area contributed by atoms with E-state index in [9.17, 15) is 29.7 Å². The van der Waals surface area contributed by atoms with Gasteiger partial charge in [-0.25, -0.2) is 4.58 Å². The third-order valence-electron chi connectivity index (χ3n) is 16.4. The Labute approximate surface area is 521 Å². The fraction of sp³-hybridized carbons (Fsp3) is 0.348. The number of nitrogens with zero attached hydrogens (tertiary/aromatic N) is 4. The number of hydrogen-bond acceptors (Lipinski definition) is 13. The lowest BCUT2D eigenvalue weighted by Crippen LogP contribution is -2.49. The van der Waals surface area contributed by atoms with Crippen LogP contribution < -0.4 is 31.6 Å². The zero-order chi connectivity index (χ0) is 63.1. The third-order valence-corrected chi connectivity index (χ3v) is 19.9. The van der Waals surface area contributed by atoms with E-state index < -0.39 is 22.3 Å². The molecule has 0 aromatic heterocycles. The van der Waals surface area contributed by atoms with Gasteiger partial charge in [0, 0.05) is 95.4 Å².